The Hall–Kier alpha value is -2.79. The molecule has 1 N–H and O–H groups in total. The molecule has 3 aromatic rings. The number of nitrogens with zero attached hydrogens (tertiary/aromatic N) is 3. The van der Waals surface area contributed by atoms with Crippen LogP contribution in [0.4, 0.5) is 23.0 Å². The number of halogens is 1. The first-order valence-electron chi connectivity index (χ1n) is 8.02. The maximum Gasteiger partial charge on any atom is 0.142 e. The summed E-state index contributed by atoms with van der Waals surface area (Å²) in [6, 6.07) is 15.8. The van der Waals surface area contributed by atoms with Gasteiger partial charge in [0.1, 0.15) is 23.7 Å². The van der Waals surface area contributed by atoms with E-state index in [2.05, 4.69) is 38.4 Å². The Kier molecular flexibility index (Phi) is 4.15. The zero-order valence-corrected chi connectivity index (χ0v) is 14.5. The van der Waals surface area contributed by atoms with Gasteiger partial charge in [-0.25, -0.2) is 9.97 Å². The molecule has 1 aliphatic rings. The molecule has 0 aliphatic carbocycles. The molecule has 1 aromatic heterocycles. The van der Waals surface area contributed by atoms with Crippen molar-refractivity contribution in [3.8, 4) is 5.75 Å². The highest BCUT2D eigenvalue weighted by Gasteiger charge is 2.21. The molecule has 5 nitrogen and oxygen atoms in total. The number of benzene rings is 2. The van der Waals surface area contributed by atoms with E-state index in [0.29, 0.717) is 16.6 Å². The summed E-state index contributed by atoms with van der Waals surface area (Å²) in [5.74, 6) is 2.26. The predicted molar refractivity (Wildman–Crippen MR) is 100 cm³/mol. The molecule has 1 aliphatic heterocycles. The van der Waals surface area contributed by atoms with Crippen molar-refractivity contribution < 1.29 is 4.74 Å². The van der Waals surface area contributed by atoms with Crippen LogP contribution in [0.2, 0.25) is 5.02 Å². The molecular formula is C19H17ClN4O. The van der Waals surface area contributed by atoms with Crippen LogP contribution in [-0.2, 0) is 6.42 Å². The zero-order chi connectivity index (χ0) is 17.2. The van der Waals surface area contributed by atoms with Gasteiger partial charge in [-0.2, -0.15) is 0 Å². The molecule has 0 saturated carbocycles. The van der Waals surface area contributed by atoms with Crippen molar-refractivity contribution >= 4 is 34.6 Å². The Labute approximate surface area is 151 Å². The van der Waals surface area contributed by atoms with Crippen molar-refractivity contribution in [2.45, 2.75) is 6.42 Å². The average Bonchev–Trinajstić information content (AvgIpc) is 3.06. The minimum Gasteiger partial charge on any atom is -0.495 e. The second-order valence-corrected chi connectivity index (χ2v) is 6.20. The minimum atomic E-state index is 0.631. The average molecular weight is 353 g/mol. The number of hydrogen-bond donors (Lipinski definition) is 1. The molecule has 0 bridgehead atoms. The van der Waals surface area contributed by atoms with Crippen LogP contribution in [0.1, 0.15) is 5.56 Å². The van der Waals surface area contributed by atoms with Crippen LogP contribution in [0.25, 0.3) is 0 Å². The van der Waals surface area contributed by atoms with Crippen molar-refractivity contribution in [3.05, 3.63) is 65.4 Å². The molecule has 0 amide bonds. The smallest absolute Gasteiger partial charge is 0.142 e. The predicted octanol–water partition coefficient (Wildman–Crippen LogP) is 4.58. The Morgan fingerprint density at radius 1 is 1.12 bits per heavy atom. The molecule has 0 radical (unpaired) electrons. The van der Waals surface area contributed by atoms with E-state index < -0.39 is 0 Å². The van der Waals surface area contributed by atoms with Crippen LogP contribution < -0.4 is 15.0 Å². The maximum atomic E-state index is 6.09. The lowest BCUT2D eigenvalue weighted by molar-refractivity contribution is 0.417. The highest BCUT2D eigenvalue weighted by molar-refractivity contribution is 6.31. The topological polar surface area (TPSA) is 50.3 Å². The van der Waals surface area contributed by atoms with Gasteiger partial charge in [0.05, 0.1) is 12.8 Å². The van der Waals surface area contributed by atoms with Crippen LogP contribution in [0.5, 0.6) is 5.75 Å². The monoisotopic (exact) mass is 352 g/mol. The molecule has 0 spiro atoms. The van der Waals surface area contributed by atoms with E-state index in [1.54, 1.807) is 19.5 Å². The van der Waals surface area contributed by atoms with Gasteiger partial charge in [0.15, 0.2) is 0 Å². The molecule has 6 heteroatoms. The summed E-state index contributed by atoms with van der Waals surface area (Å²) in [4.78, 5) is 11.0. The molecular weight excluding hydrogens is 336 g/mol. The van der Waals surface area contributed by atoms with Crippen LogP contribution in [0, 0.1) is 0 Å². The Morgan fingerprint density at radius 2 is 2.00 bits per heavy atom. The lowest BCUT2D eigenvalue weighted by Gasteiger charge is -2.19. The number of ether oxygens (including phenoxy) is 1. The van der Waals surface area contributed by atoms with E-state index >= 15 is 0 Å². The van der Waals surface area contributed by atoms with Crippen molar-refractivity contribution in [1.29, 1.82) is 0 Å². The fourth-order valence-corrected chi connectivity index (χ4v) is 3.23. The number of hydrogen-bond acceptors (Lipinski definition) is 5. The molecule has 0 saturated heterocycles. The number of fused-ring (bicyclic) bond motifs is 1. The quantitative estimate of drug-likeness (QED) is 0.745. The first-order valence-corrected chi connectivity index (χ1v) is 8.40. The summed E-state index contributed by atoms with van der Waals surface area (Å²) in [6.07, 6.45) is 2.58. The van der Waals surface area contributed by atoms with Crippen molar-refractivity contribution in [2.75, 3.05) is 23.9 Å². The molecule has 0 unspecified atom stereocenters. The summed E-state index contributed by atoms with van der Waals surface area (Å²) in [5, 5.41) is 3.90. The standard InChI is InChI=1S/C19H17ClN4O/c1-25-17-7-6-14(20)10-15(17)23-18-11-19(22-12-21-18)24-9-8-13-4-2-3-5-16(13)24/h2-7,10-12H,8-9H2,1H3,(H,21,22,23). The van der Waals surface area contributed by atoms with Gasteiger partial charge >= 0.3 is 0 Å². The van der Waals surface area contributed by atoms with Gasteiger partial charge in [0, 0.05) is 23.3 Å². The number of nitrogens with one attached hydrogen (secondary N) is 1. The Balaban J connectivity index is 1.64. The van der Waals surface area contributed by atoms with E-state index in [0.717, 1.165) is 24.5 Å². The van der Waals surface area contributed by atoms with Crippen LogP contribution in [0.3, 0.4) is 0 Å². The molecule has 2 heterocycles. The van der Waals surface area contributed by atoms with Gasteiger partial charge in [-0.3, -0.25) is 0 Å². The number of para-hydroxylation sites is 1. The SMILES string of the molecule is COc1ccc(Cl)cc1Nc1cc(N2CCc3ccccc32)ncn1. The van der Waals surface area contributed by atoms with Crippen LogP contribution in [-0.4, -0.2) is 23.6 Å². The minimum absolute atomic E-state index is 0.631. The fraction of sp³-hybridized carbons (Fsp3) is 0.158. The summed E-state index contributed by atoms with van der Waals surface area (Å²) in [7, 11) is 1.63. The van der Waals surface area contributed by atoms with Crippen molar-refractivity contribution in [2.24, 2.45) is 0 Å². The van der Waals surface area contributed by atoms with Crippen molar-refractivity contribution in [1.82, 2.24) is 9.97 Å². The molecule has 25 heavy (non-hydrogen) atoms. The van der Waals surface area contributed by atoms with Crippen LogP contribution >= 0.6 is 11.6 Å². The second-order valence-electron chi connectivity index (χ2n) is 5.76. The first kappa shape index (κ1) is 15.7. The van der Waals surface area contributed by atoms with Crippen LogP contribution in [0.15, 0.2) is 54.9 Å². The summed E-state index contributed by atoms with van der Waals surface area (Å²) in [5.41, 5.74) is 3.31. The first-order chi connectivity index (χ1) is 12.2. The van der Waals surface area contributed by atoms with Gasteiger partial charge in [0.25, 0.3) is 0 Å². The largest absolute Gasteiger partial charge is 0.495 e. The van der Waals surface area contributed by atoms with E-state index in [4.69, 9.17) is 16.3 Å². The molecule has 2 aromatic carbocycles. The number of methoxy groups -OCH3 is 1. The fourth-order valence-electron chi connectivity index (χ4n) is 3.06. The lowest BCUT2D eigenvalue weighted by atomic mass is 10.2. The third kappa shape index (κ3) is 3.10. The van der Waals surface area contributed by atoms with Gasteiger partial charge in [-0.1, -0.05) is 29.8 Å². The summed E-state index contributed by atoms with van der Waals surface area (Å²) in [6.45, 7) is 0.913. The van der Waals surface area contributed by atoms with Gasteiger partial charge in [0.2, 0.25) is 0 Å². The Bertz CT molecular complexity index is 915. The van der Waals surface area contributed by atoms with Gasteiger partial charge in [-0.15, -0.1) is 0 Å². The summed E-state index contributed by atoms with van der Waals surface area (Å²) < 4.78 is 5.37. The van der Waals surface area contributed by atoms with E-state index in [1.165, 1.54) is 11.3 Å². The molecule has 4 rings (SSSR count). The second kappa shape index (κ2) is 6.61. The molecule has 0 atom stereocenters. The van der Waals surface area contributed by atoms with Gasteiger partial charge < -0.3 is 15.0 Å². The Morgan fingerprint density at radius 3 is 2.88 bits per heavy atom. The molecule has 0 fully saturated rings. The van der Waals surface area contributed by atoms with E-state index in [9.17, 15) is 0 Å². The highest BCUT2D eigenvalue weighted by atomic mass is 35.5. The van der Waals surface area contributed by atoms with E-state index in [-0.39, 0.29) is 0 Å². The van der Waals surface area contributed by atoms with Crippen molar-refractivity contribution in [3.63, 3.8) is 0 Å². The maximum absolute atomic E-state index is 6.09. The zero-order valence-electron chi connectivity index (χ0n) is 13.7. The number of aromatic nitrogens is 2. The van der Waals surface area contributed by atoms with E-state index in [1.807, 2.05) is 24.3 Å². The highest BCUT2D eigenvalue weighted by Crippen LogP contribution is 2.35. The number of rotatable bonds is 4. The van der Waals surface area contributed by atoms with Gasteiger partial charge in [-0.05, 0) is 36.2 Å². The lowest BCUT2D eigenvalue weighted by Crippen LogP contribution is -2.15. The number of anilines is 4. The third-order valence-electron chi connectivity index (χ3n) is 4.24. The third-order valence-corrected chi connectivity index (χ3v) is 4.48. The summed E-state index contributed by atoms with van der Waals surface area (Å²) >= 11 is 6.09. The normalized spacial score (nSPS) is 12.8. The molecule has 126 valence electrons.